The van der Waals surface area contributed by atoms with Crippen molar-refractivity contribution >= 4 is 28.9 Å². The predicted molar refractivity (Wildman–Crippen MR) is 65.2 cm³/mol. The van der Waals surface area contributed by atoms with Crippen molar-refractivity contribution in [2.45, 2.75) is 0 Å². The molecule has 1 heterocycles. The van der Waals surface area contributed by atoms with Crippen molar-refractivity contribution in [1.29, 1.82) is 0 Å². The highest BCUT2D eigenvalue weighted by atomic mass is 35.5. The van der Waals surface area contributed by atoms with Crippen molar-refractivity contribution in [2.75, 3.05) is 25.6 Å². The summed E-state index contributed by atoms with van der Waals surface area (Å²) in [5, 5.41) is 0.525. The number of halogens is 2. The summed E-state index contributed by atoms with van der Waals surface area (Å²) >= 11 is 11.6. The van der Waals surface area contributed by atoms with Crippen LogP contribution in [0, 0.1) is 0 Å². The van der Waals surface area contributed by atoms with E-state index < -0.39 is 0 Å². The van der Waals surface area contributed by atoms with E-state index in [4.69, 9.17) is 38.4 Å². The summed E-state index contributed by atoms with van der Waals surface area (Å²) in [6.45, 7) is 4.76. The second-order valence-corrected chi connectivity index (χ2v) is 3.64. The van der Waals surface area contributed by atoms with Crippen LogP contribution in [-0.4, -0.2) is 24.8 Å². The summed E-state index contributed by atoms with van der Waals surface area (Å²) in [5.74, 6) is 0.255. The molecular weight excluding hydrogens is 251 g/mol. The Kier molecular flexibility index (Phi) is 5.38. The maximum atomic E-state index is 5.88. The zero-order valence-corrected chi connectivity index (χ0v) is 10.1. The molecule has 0 aromatic carbocycles. The molecule has 0 unspecified atom stereocenters. The maximum absolute atomic E-state index is 5.88. The molecule has 0 bridgehead atoms. The first-order chi connectivity index (χ1) is 7.66. The van der Waals surface area contributed by atoms with E-state index in [0.29, 0.717) is 24.8 Å². The molecule has 0 fully saturated rings. The number of nitrogens with two attached hydrogens (primary N) is 1. The average Bonchev–Trinajstić information content (AvgIpc) is 2.28. The summed E-state index contributed by atoms with van der Waals surface area (Å²) in [7, 11) is 0. The fourth-order valence-electron chi connectivity index (χ4n) is 0.926. The van der Waals surface area contributed by atoms with Gasteiger partial charge in [0.05, 0.1) is 30.1 Å². The smallest absolute Gasteiger partial charge is 0.234 e. The Morgan fingerprint density at radius 2 is 2.19 bits per heavy atom. The fourth-order valence-corrected chi connectivity index (χ4v) is 1.32. The average molecular weight is 263 g/mol. The van der Waals surface area contributed by atoms with E-state index in [2.05, 4.69) is 11.6 Å². The zero-order chi connectivity index (χ0) is 12.0. The lowest BCUT2D eigenvalue weighted by atomic mass is 10.4. The van der Waals surface area contributed by atoms with Gasteiger partial charge in [0.25, 0.3) is 0 Å². The third-order valence-corrected chi connectivity index (χ3v) is 2.35. The molecule has 88 valence electrons. The first-order valence-corrected chi connectivity index (χ1v) is 5.33. The van der Waals surface area contributed by atoms with Gasteiger partial charge in [-0.3, -0.25) is 0 Å². The molecule has 0 amide bonds. The molecule has 0 saturated heterocycles. The number of hydrogen-bond donors (Lipinski definition) is 1. The van der Waals surface area contributed by atoms with Gasteiger partial charge < -0.3 is 15.2 Å². The zero-order valence-electron chi connectivity index (χ0n) is 8.58. The highest BCUT2D eigenvalue weighted by Gasteiger charge is 2.10. The molecule has 2 N–H and O–H groups in total. The van der Waals surface area contributed by atoms with Crippen molar-refractivity contribution in [3.8, 4) is 5.88 Å². The molecule has 6 heteroatoms. The van der Waals surface area contributed by atoms with Gasteiger partial charge in [0, 0.05) is 0 Å². The highest BCUT2D eigenvalue weighted by Crippen LogP contribution is 2.32. The van der Waals surface area contributed by atoms with Gasteiger partial charge in [0.2, 0.25) is 5.88 Å². The number of aromatic nitrogens is 1. The SMILES string of the molecule is C=CCOCCOc1ncc(Cl)c(N)c1Cl. The van der Waals surface area contributed by atoms with Crippen molar-refractivity contribution in [3.05, 3.63) is 28.9 Å². The highest BCUT2D eigenvalue weighted by molar-refractivity contribution is 6.39. The number of ether oxygens (including phenoxy) is 2. The molecule has 1 rings (SSSR count). The number of anilines is 1. The lowest BCUT2D eigenvalue weighted by molar-refractivity contribution is 0.119. The molecule has 0 saturated carbocycles. The van der Waals surface area contributed by atoms with E-state index in [1.807, 2.05) is 0 Å². The van der Waals surface area contributed by atoms with Crippen LogP contribution in [0.3, 0.4) is 0 Å². The van der Waals surface area contributed by atoms with Crippen molar-refractivity contribution in [2.24, 2.45) is 0 Å². The first kappa shape index (κ1) is 13.1. The summed E-state index contributed by atoms with van der Waals surface area (Å²) < 4.78 is 10.4. The molecule has 0 atom stereocenters. The van der Waals surface area contributed by atoms with Crippen LogP contribution in [0.5, 0.6) is 5.88 Å². The molecule has 0 radical (unpaired) electrons. The Bertz CT molecular complexity index is 372. The first-order valence-electron chi connectivity index (χ1n) is 4.57. The Morgan fingerprint density at radius 3 is 2.88 bits per heavy atom. The molecule has 1 aromatic heterocycles. The van der Waals surface area contributed by atoms with E-state index in [0.717, 1.165) is 0 Å². The van der Waals surface area contributed by atoms with E-state index >= 15 is 0 Å². The Morgan fingerprint density at radius 1 is 1.44 bits per heavy atom. The van der Waals surface area contributed by atoms with Crippen LogP contribution in [0.4, 0.5) is 5.69 Å². The number of rotatable bonds is 6. The number of nitrogens with zero attached hydrogens (tertiary/aromatic N) is 1. The Hall–Kier alpha value is -0.970. The fraction of sp³-hybridized carbons (Fsp3) is 0.300. The Labute approximate surface area is 104 Å². The number of pyridine rings is 1. The topological polar surface area (TPSA) is 57.4 Å². The summed E-state index contributed by atoms with van der Waals surface area (Å²) in [4.78, 5) is 3.91. The molecule has 0 spiro atoms. The number of hydrogen-bond acceptors (Lipinski definition) is 4. The van der Waals surface area contributed by atoms with Gasteiger partial charge in [0.15, 0.2) is 0 Å². The lowest BCUT2D eigenvalue weighted by Gasteiger charge is -2.08. The van der Waals surface area contributed by atoms with Gasteiger partial charge in [-0.05, 0) is 0 Å². The third kappa shape index (κ3) is 3.56. The second-order valence-electron chi connectivity index (χ2n) is 2.85. The van der Waals surface area contributed by atoms with Crippen LogP contribution in [0.1, 0.15) is 0 Å². The van der Waals surface area contributed by atoms with Crippen molar-refractivity contribution in [3.63, 3.8) is 0 Å². The van der Waals surface area contributed by atoms with Crippen LogP contribution in [0.15, 0.2) is 18.9 Å². The van der Waals surface area contributed by atoms with Crippen molar-refractivity contribution in [1.82, 2.24) is 4.98 Å². The largest absolute Gasteiger partial charge is 0.474 e. The molecule has 16 heavy (non-hydrogen) atoms. The molecule has 0 aliphatic carbocycles. The van der Waals surface area contributed by atoms with E-state index in [1.54, 1.807) is 6.08 Å². The maximum Gasteiger partial charge on any atom is 0.234 e. The summed E-state index contributed by atoms with van der Waals surface area (Å²) in [5.41, 5.74) is 5.87. The summed E-state index contributed by atoms with van der Waals surface area (Å²) in [6, 6.07) is 0. The minimum atomic E-state index is 0.219. The quantitative estimate of drug-likeness (QED) is 0.633. The van der Waals surface area contributed by atoms with Crippen molar-refractivity contribution < 1.29 is 9.47 Å². The minimum Gasteiger partial charge on any atom is -0.474 e. The van der Waals surface area contributed by atoms with Gasteiger partial charge in [-0.1, -0.05) is 29.3 Å². The second kappa shape index (κ2) is 6.58. The molecule has 1 aromatic rings. The van der Waals surface area contributed by atoms with Crippen LogP contribution in [-0.2, 0) is 4.74 Å². The van der Waals surface area contributed by atoms with Crippen LogP contribution >= 0.6 is 23.2 Å². The van der Waals surface area contributed by atoms with Crippen LogP contribution in [0.2, 0.25) is 10.0 Å². The van der Waals surface area contributed by atoms with E-state index in [9.17, 15) is 0 Å². The molecule has 0 aliphatic heterocycles. The normalized spacial score (nSPS) is 10.1. The number of nitrogen functional groups attached to an aromatic ring is 1. The van der Waals surface area contributed by atoms with Gasteiger partial charge in [-0.15, -0.1) is 6.58 Å². The monoisotopic (exact) mass is 262 g/mol. The standard InChI is InChI=1S/C10H12Cl2N2O2/c1-2-3-15-4-5-16-10-8(12)9(13)7(11)6-14-10/h2,6H,1,3-5H2,(H2,13,14). The van der Waals surface area contributed by atoms with Gasteiger partial charge in [0.1, 0.15) is 11.6 Å². The summed E-state index contributed by atoms with van der Waals surface area (Å²) in [6.07, 6.45) is 3.05. The van der Waals surface area contributed by atoms with Gasteiger partial charge >= 0.3 is 0 Å². The van der Waals surface area contributed by atoms with E-state index in [1.165, 1.54) is 6.20 Å². The van der Waals surface area contributed by atoms with Crippen LogP contribution in [0.25, 0.3) is 0 Å². The van der Waals surface area contributed by atoms with E-state index in [-0.39, 0.29) is 16.6 Å². The molecule has 4 nitrogen and oxygen atoms in total. The lowest BCUT2D eigenvalue weighted by Crippen LogP contribution is -2.08. The van der Waals surface area contributed by atoms with Gasteiger partial charge in [-0.25, -0.2) is 4.98 Å². The van der Waals surface area contributed by atoms with Gasteiger partial charge in [-0.2, -0.15) is 0 Å². The predicted octanol–water partition coefficient (Wildman–Crippen LogP) is 2.55. The Balaban J connectivity index is 2.48. The van der Waals surface area contributed by atoms with Crippen LogP contribution < -0.4 is 10.5 Å². The molecular formula is C10H12Cl2N2O2. The third-order valence-electron chi connectivity index (χ3n) is 1.68. The minimum absolute atomic E-state index is 0.219. The molecule has 0 aliphatic rings.